The van der Waals surface area contributed by atoms with Crippen molar-refractivity contribution in [1.29, 1.82) is 0 Å². The van der Waals surface area contributed by atoms with E-state index >= 15 is 0 Å². The number of rotatable bonds is 8. The number of carbonyl (C=O) groups is 1. The maximum atomic E-state index is 12.7. The first kappa shape index (κ1) is 29.6. The highest BCUT2D eigenvalue weighted by atomic mass is 32.2. The number of sulfone groups is 1. The van der Waals surface area contributed by atoms with E-state index in [-0.39, 0.29) is 22.2 Å². The second kappa shape index (κ2) is 11.1. The highest BCUT2D eigenvalue weighted by molar-refractivity contribution is 7.90. The van der Waals surface area contributed by atoms with Gasteiger partial charge in [0.25, 0.3) is 0 Å². The Hall–Kier alpha value is -4.91. The monoisotopic (exact) mass is 611 g/mol. The number of carboxylic acid groups (broad SMARTS) is 1. The molecule has 0 unspecified atom stereocenters. The van der Waals surface area contributed by atoms with Gasteiger partial charge >= 0.3 is 12.3 Å². The molecule has 0 bridgehead atoms. The maximum absolute atomic E-state index is 12.7. The maximum Gasteiger partial charge on any atom is 0.573 e. The summed E-state index contributed by atoms with van der Waals surface area (Å²) in [6, 6.07) is 16.7. The molecule has 0 aliphatic carbocycles. The average molecular weight is 612 g/mol. The van der Waals surface area contributed by atoms with Crippen molar-refractivity contribution in [2.75, 3.05) is 6.26 Å². The van der Waals surface area contributed by atoms with Crippen molar-refractivity contribution in [2.45, 2.75) is 31.5 Å². The molecule has 0 aliphatic rings. The van der Waals surface area contributed by atoms with Gasteiger partial charge in [-0.3, -0.25) is 4.79 Å². The Morgan fingerprint density at radius 2 is 1.65 bits per heavy atom. The third-order valence-electron chi connectivity index (χ3n) is 6.43. The number of hydrogen-bond acceptors (Lipinski definition) is 7. The van der Waals surface area contributed by atoms with E-state index in [0.29, 0.717) is 33.8 Å². The van der Waals surface area contributed by atoms with Gasteiger partial charge in [-0.05, 0) is 73.5 Å². The highest BCUT2D eigenvalue weighted by Crippen LogP contribution is 2.39. The van der Waals surface area contributed by atoms with Crippen molar-refractivity contribution in [3.05, 3.63) is 90.3 Å². The van der Waals surface area contributed by atoms with Gasteiger partial charge in [-0.2, -0.15) is 0 Å². The summed E-state index contributed by atoms with van der Waals surface area (Å²) in [5, 5.41) is 9.42. The quantitative estimate of drug-likeness (QED) is 0.214. The second-order valence-corrected chi connectivity index (χ2v) is 11.8. The minimum Gasteiger partial charge on any atom is -0.481 e. The van der Waals surface area contributed by atoms with Crippen molar-refractivity contribution in [3.8, 4) is 45.1 Å². The lowest BCUT2D eigenvalue weighted by atomic mass is 9.98. The fraction of sp³-hybridized carbons (Fsp3) is 0.167. The number of carboxylic acids is 1. The molecular weight excluding hydrogens is 587 g/mol. The Balaban J connectivity index is 1.74. The molecule has 5 rings (SSSR count). The van der Waals surface area contributed by atoms with Crippen molar-refractivity contribution >= 4 is 15.8 Å². The number of oxazole rings is 1. The smallest absolute Gasteiger partial charge is 0.481 e. The molecule has 13 heteroatoms. The molecule has 2 aromatic heterocycles. The first-order valence-electron chi connectivity index (χ1n) is 12.7. The van der Waals surface area contributed by atoms with E-state index in [0.717, 1.165) is 24.1 Å². The number of aromatic nitrogens is 3. The topological polar surface area (TPSA) is 125 Å². The minimum atomic E-state index is -4.88. The molecule has 0 spiro atoms. The molecule has 5 aromatic rings. The number of nitrogens with zero attached hydrogens (tertiary/aromatic N) is 3. The lowest BCUT2D eigenvalue weighted by Crippen LogP contribution is -2.16. The number of imidazole rings is 1. The zero-order valence-electron chi connectivity index (χ0n) is 23.0. The van der Waals surface area contributed by atoms with E-state index in [2.05, 4.69) is 14.7 Å². The van der Waals surface area contributed by atoms with Gasteiger partial charge in [0, 0.05) is 23.6 Å². The van der Waals surface area contributed by atoms with Crippen LogP contribution in [0.5, 0.6) is 5.75 Å². The van der Waals surface area contributed by atoms with E-state index in [1.165, 1.54) is 18.2 Å². The average Bonchev–Trinajstić information content (AvgIpc) is 3.49. The molecule has 0 saturated carbocycles. The van der Waals surface area contributed by atoms with Crippen LogP contribution in [0.15, 0.2) is 82.2 Å². The van der Waals surface area contributed by atoms with E-state index in [9.17, 15) is 31.5 Å². The molecule has 0 radical (unpaired) electrons. The number of ether oxygens (including phenoxy) is 1. The molecule has 2 heterocycles. The first-order valence-corrected chi connectivity index (χ1v) is 14.6. The SMILES string of the molecule is Cc1cn(-c2ccc(-c3cccc(S(C)(=O)=O)c3)cc2-c2nc(CC(=O)O)oc2-c2ccc(OC(F)(F)F)cc2)c(C)n1. The molecule has 3 aromatic carbocycles. The van der Waals surface area contributed by atoms with E-state index in [4.69, 9.17) is 4.42 Å². The van der Waals surface area contributed by atoms with Crippen LogP contribution in [-0.4, -0.2) is 46.6 Å². The van der Waals surface area contributed by atoms with Crippen LogP contribution < -0.4 is 4.74 Å². The zero-order valence-corrected chi connectivity index (χ0v) is 23.8. The van der Waals surface area contributed by atoms with Gasteiger partial charge in [-0.1, -0.05) is 18.2 Å². The summed E-state index contributed by atoms with van der Waals surface area (Å²) >= 11 is 0. The summed E-state index contributed by atoms with van der Waals surface area (Å²) in [4.78, 5) is 20.7. The zero-order chi connectivity index (χ0) is 31.1. The van der Waals surface area contributed by atoms with Crippen LogP contribution >= 0.6 is 0 Å². The molecule has 9 nitrogen and oxygen atoms in total. The molecule has 1 N–H and O–H groups in total. The molecule has 0 amide bonds. The predicted molar refractivity (Wildman–Crippen MR) is 151 cm³/mol. The summed E-state index contributed by atoms with van der Waals surface area (Å²) < 4.78 is 74.3. The molecule has 0 fully saturated rings. The van der Waals surface area contributed by atoms with Gasteiger partial charge in [0.05, 0.1) is 16.3 Å². The molecule has 43 heavy (non-hydrogen) atoms. The Morgan fingerprint density at radius 3 is 2.26 bits per heavy atom. The number of aryl methyl sites for hydroxylation is 2. The van der Waals surface area contributed by atoms with Crippen molar-refractivity contribution in [1.82, 2.24) is 14.5 Å². The van der Waals surface area contributed by atoms with Crippen LogP contribution in [0.2, 0.25) is 0 Å². The van der Waals surface area contributed by atoms with Gasteiger partial charge in [-0.15, -0.1) is 13.2 Å². The second-order valence-electron chi connectivity index (χ2n) is 9.76. The first-order chi connectivity index (χ1) is 20.2. The molecule has 0 atom stereocenters. The fourth-order valence-corrected chi connectivity index (χ4v) is 5.31. The van der Waals surface area contributed by atoms with Crippen LogP contribution in [0.1, 0.15) is 17.4 Å². The van der Waals surface area contributed by atoms with Gasteiger partial charge in [0.2, 0.25) is 5.89 Å². The number of hydrogen-bond donors (Lipinski definition) is 1. The summed E-state index contributed by atoms with van der Waals surface area (Å²) in [5.41, 5.74) is 3.59. The van der Waals surface area contributed by atoms with Crippen LogP contribution in [0.4, 0.5) is 13.2 Å². The van der Waals surface area contributed by atoms with E-state index in [1.54, 1.807) is 49.5 Å². The highest BCUT2D eigenvalue weighted by Gasteiger charge is 2.31. The Morgan fingerprint density at radius 1 is 0.977 bits per heavy atom. The fourth-order valence-electron chi connectivity index (χ4n) is 4.64. The summed E-state index contributed by atoms with van der Waals surface area (Å²) in [5.74, 6) is -0.994. The lowest BCUT2D eigenvalue weighted by Gasteiger charge is -2.14. The van der Waals surface area contributed by atoms with Crippen LogP contribution in [0.25, 0.3) is 39.4 Å². The van der Waals surface area contributed by atoms with Gasteiger partial charge < -0.3 is 18.8 Å². The van der Waals surface area contributed by atoms with Crippen LogP contribution in [0, 0.1) is 13.8 Å². The summed E-state index contributed by atoms with van der Waals surface area (Å²) in [6.07, 6.45) is -2.50. The molecule has 222 valence electrons. The number of halogens is 3. The number of alkyl halides is 3. The Kier molecular flexibility index (Phi) is 7.61. The largest absolute Gasteiger partial charge is 0.573 e. The third kappa shape index (κ3) is 6.61. The van der Waals surface area contributed by atoms with Crippen molar-refractivity contribution in [3.63, 3.8) is 0 Å². The number of aliphatic carboxylic acids is 1. The molecule has 0 saturated heterocycles. The van der Waals surface area contributed by atoms with Gasteiger partial charge in [0.1, 0.15) is 23.7 Å². The standard InChI is InChI=1S/C30H24F3N3O6S/c1-17-16-36(18(2)34-17)25-12-9-21(20-5-4-6-23(13-20)43(3,39)40)14-24(25)28-29(41-26(35-28)15-27(37)38)19-7-10-22(11-8-19)42-30(31,32)33/h4-14,16H,15H2,1-3H3,(H,37,38). The van der Waals surface area contributed by atoms with Gasteiger partial charge in [-0.25, -0.2) is 18.4 Å². The van der Waals surface area contributed by atoms with Gasteiger partial charge in [0.15, 0.2) is 15.6 Å². The Bertz CT molecular complexity index is 1940. The van der Waals surface area contributed by atoms with E-state index < -0.39 is 34.3 Å². The summed E-state index contributed by atoms with van der Waals surface area (Å²) in [6.45, 7) is 3.63. The summed E-state index contributed by atoms with van der Waals surface area (Å²) in [7, 11) is -3.49. The van der Waals surface area contributed by atoms with Crippen molar-refractivity contribution in [2.24, 2.45) is 0 Å². The van der Waals surface area contributed by atoms with E-state index in [1.807, 2.05) is 11.5 Å². The molecular formula is C30H24F3N3O6S. The Labute approximate surface area is 244 Å². The number of benzene rings is 3. The third-order valence-corrected chi connectivity index (χ3v) is 7.54. The molecule has 0 aliphatic heterocycles. The van der Waals surface area contributed by atoms with Crippen molar-refractivity contribution < 1.29 is 40.6 Å². The van der Waals surface area contributed by atoms with Crippen LogP contribution in [0.3, 0.4) is 0 Å². The lowest BCUT2D eigenvalue weighted by molar-refractivity contribution is -0.274. The predicted octanol–water partition coefficient (Wildman–Crippen LogP) is 6.41. The minimum absolute atomic E-state index is 0.118. The van der Waals surface area contributed by atoms with Crippen LogP contribution in [-0.2, 0) is 21.1 Å². The normalized spacial score (nSPS) is 12.0.